The summed E-state index contributed by atoms with van der Waals surface area (Å²) in [5.41, 5.74) is 5.46. The molecule has 1 aromatic carbocycles. The number of alkyl halides is 2. The lowest BCUT2D eigenvalue weighted by atomic mass is 10.2. The number of hydrazine groups is 1. The van der Waals surface area contributed by atoms with Crippen molar-refractivity contribution in [3.63, 3.8) is 0 Å². The van der Waals surface area contributed by atoms with Gasteiger partial charge in [-0.25, -0.2) is 0 Å². The van der Waals surface area contributed by atoms with Gasteiger partial charge in [0.1, 0.15) is 0 Å². The third kappa shape index (κ3) is 6.92. The van der Waals surface area contributed by atoms with Gasteiger partial charge < -0.3 is 14.8 Å². The molecule has 0 saturated carbocycles. The first-order valence-electron chi connectivity index (χ1n) is 6.61. The van der Waals surface area contributed by atoms with Crippen LogP contribution >= 0.6 is 12.2 Å². The number of carbonyl (C=O) groups is 1. The largest absolute Gasteiger partial charge is 0.493 e. The number of hydrogen-bond donors (Lipinski definition) is 3. The summed E-state index contributed by atoms with van der Waals surface area (Å²) in [6, 6.07) is 4.32. The van der Waals surface area contributed by atoms with Crippen LogP contribution in [0.15, 0.2) is 24.3 Å². The normalized spacial score (nSPS) is 10.5. The first kappa shape index (κ1) is 18.6. The summed E-state index contributed by atoms with van der Waals surface area (Å²) >= 11 is 4.88. The van der Waals surface area contributed by atoms with E-state index in [-0.39, 0.29) is 11.5 Å². The lowest BCUT2D eigenvalue weighted by molar-refractivity contribution is -0.116. The highest BCUT2D eigenvalue weighted by Crippen LogP contribution is 2.29. The van der Waals surface area contributed by atoms with E-state index < -0.39 is 12.5 Å². The Hall–Kier alpha value is -2.42. The lowest BCUT2D eigenvalue weighted by Gasteiger charge is -2.10. The number of hydrogen-bond acceptors (Lipinski definition) is 4. The second kappa shape index (κ2) is 9.57. The second-order valence-electron chi connectivity index (χ2n) is 4.10. The molecule has 0 spiro atoms. The molecule has 0 unspecified atom stereocenters. The number of halogens is 2. The minimum Gasteiger partial charge on any atom is -0.493 e. The number of amides is 1. The molecule has 0 fully saturated rings. The smallest absolute Gasteiger partial charge is 0.387 e. The van der Waals surface area contributed by atoms with Crippen LogP contribution in [-0.2, 0) is 4.79 Å². The van der Waals surface area contributed by atoms with Gasteiger partial charge in [0.25, 0.3) is 5.91 Å². The monoisotopic (exact) mass is 345 g/mol. The van der Waals surface area contributed by atoms with Crippen LogP contribution in [0.4, 0.5) is 8.78 Å². The highest BCUT2D eigenvalue weighted by Gasteiger charge is 2.10. The topological polar surface area (TPSA) is 71.6 Å². The highest BCUT2D eigenvalue weighted by molar-refractivity contribution is 7.80. The quantitative estimate of drug-likeness (QED) is 0.415. The van der Waals surface area contributed by atoms with Gasteiger partial charge in [-0.1, -0.05) is 6.07 Å². The summed E-state index contributed by atoms with van der Waals surface area (Å²) in [6.45, 7) is -0.447. The highest BCUT2D eigenvalue weighted by atomic mass is 32.1. The van der Waals surface area contributed by atoms with Crippen molar-refractivity contribution < 1.29 is 23.0 Å². The maximum absolute atomic E-state index is 12.2. The maximum atomic E-state index is 12.2. The molecular weight excluding hydrogens is 328 g/mol. The van der Waals surface area contributed by atoms with Crippen molar-refractivity contribution in [3.05, 3.63) is 29.8 Å². The number of rotatable bonds is 6. The Balaban J connectivity index is 2.65. The van der Waals surface area contributed by atoms with Crippen molar-refractivity contribution in [2.45, 2.75) is 13.5 Å². The Morgan fingerprint density at radius 3 is 2.70 bits per heavy atom. The molecule has 0 aliphatic carbocycles. The summed E-state index contributed by atoms with van der Waals surface area (Å²) in [7, 11) is 1.33. The fraction of sp³-hybridized carbons (Fsp3) is 0.286. The Bertz CT molecular complexity index is 582. The van der Waals surface area contributed by atoms with Crippen LogP contribution in [0.5, 0.6) is 11.5 Å². The molecule has 0 aromatic heterocycles. The molecule has 0 saturated heterocycles. The van der Waals surface area contributed by atoms with Gasteiger partial charge in [-0.2, -0.15) is 8.78 Å². The maximum Gasteiger partial charge on any atom is 0.387 e. The van der Waals surface area contributed by atoms with Crippen molar-refractivity contribution in [3.8, 4) is 11.5 Å². The van der Waals surface area contributed by atoms with E-state index in [9.17, 15) is 13.6 Å². The van der Waals surface area contributed by atoms with Crippen molar-refractivity contribution in [1.82, 2.24) is 16.2 Å². The predicted molar refractivity (Wildman–Crippen MR) is 86.2 cm³/mol. The molecule has 3 N–H and O–H groups in total. The van der Waals surface area contributed by atoms with Crippen LogP contribution in [0.3, 0.4) is 0 Å². The van der Waals surface area contributed by atoms with Crippen LogP contribution < -0.4 is 25.6 Å². The molecule has 0 radical (unpaired) electrons. The number of nitrogens with one attached hydrogen (secondary N) is 3. The van der Waals surface area contributed by atoms with E-state index in [1.807, 2.05) is 6.92 Å². The van der Waals surface area contributed by atoms with Gasteiger partial charge in [-0.05, 0) is 42.9 Å². The molecule has 6 nitrogen and oxygen atoms in total. The molecule has 0 aliphatic rings. The molecular formula is C14H17F2N3O3S. The van der Waals surface area contributed by atoms with Crippen LogP contribution in [0.25, 0.3) is 6.08 Å². The molecule has 1 aromatic rings. The van der Waals surface area contributed by atoms with Crippen LogP contribution in [-0.4, -0.2) is 31.3 Å². The summed E-state index contributed by atoms with van der Waals surface area (Å²) in [5, 5.41) is 3.10. The van der Waals surface area contributed by atoms with Crippen molar-refractivity contribution in [2.24, 2.45) is 0 Å². The molecule has 1 rings (SSSR count). The van der Waals surface area contributed by atoms with Gasteiger partial charge in [-0.15, -0.1) is 0 Å². The summed E-state index contributed by atoms with van der Waals surface area (Å²) in [4.78, 5) is 11.6. The van der Waals surface area contributed by atoms with Crippen molar-refractivity contribution in [2.75, 3.05) is 13.7 Å². The summed E-state index contributed by atoms with van der Waals surface area (Å²) in [6.07, 6.45) is 2.74. The second-order valence-corrected chi connectivity index (χ2v) is 4.50. The average molecular weight is 345 g/mol. The molecule has 0 aliphatic heterocycles. The molecule has 23 heavy (non-hydrogen) atoms. The first-order chi connectivity index (χ1) is 11.0. The number of thiocarbonyl (C=S) groups is 1. The SMILES string of the molecule is CCNC(=S)NNC(=O)/C=C/c1ccc(OC(F)F)c(OC)c1. The predicted octanol–water partition coefficient (Wildman–Crippen LogP) is 1.83. The van der Waals surface area contributed by atoms with Gasteiger partial charge in [0, 0.05) is 12.6 Å². The lowest BCUT2D eigenvalue weighted by Crippen LogP contribution is -2.46. The zero-order chi connectivity index (χ0) is 17.2. The number of ether oxygens (including phenoxy) is 2. The standard InChI is InChI=1S/C14H17F2N3O3S/c1-3-17-14(23)19-18-12(20)7-5-9-4-6-10(22-13(15)16)11(8-9)21-2/h4-8,13H,3H2,1-2H3,(H,18,20)(H2,17,19,23)/b7-5+. The Morgan fingerprint density at radius 1 is 1.35 bits per heavy atom. The zero-order valence-corrected chi connectivity index (χ0v) is 13.4. The molecule has 0 atom stereocenters. The average Bonchev–Trinajstić information content (AvgIpc) is 2.51. The van der Waals surface area contributed by atoms with Gasteiger partial charge >= 0.3 is 6.61 Å². The van der Waals surface area contributed by atoms with Gasteiger partial charge in [0.05, 0.1) is 7.11 Å². The zero-order valence-electron chi connectivity index (χ0n) is 12.6. The molecule has 126 valence electrons. The van der Waals surface area contributed by atoms with Gasteiger partial charge in [0.15, 0.2) is 16.6 Å². The fourth-order valence-corrected chi connectivity index (χ4v) is 1.71. The Labute approximate surface area is 137 Å². The van der Waals surface area contributed by atoms with E-state index in [1.54, 1.807) is 0 Å². The molecule has 0 bridgehead atoms. The minimum atomic E-state index is -2.94. The summed E-state index contributed by atoms with van der Waals surface area (Å²) in [5.74, 6) is -0.377. The molecule has 9 heteroatoms. The Morgan fingerprint density at radius 2 is 2.09 bits per heavy atom. The third-order valence-corrected chi connectivity index (χ3v) is 2.71. The van der Waals surface area contributed by atoms with E-state index >= 15 is 0 Å². The number of benzene rings is 1. The Kier molecular flexibility index (Phi) is 7.75. The van der Waals surface area contributed by atoms with E-state index in [4.69, 9.17) is 17.0 Å². The number of carbonyl (C=O) groups excluding carboxylic acids is 1. The van der Waals surface area contributed by atoms with Crippen LogP contribution in [0.1, 0.15) is 12.5 Å². The molecule has 1 amide bonds. The van der Waals surface area contributed by atoms with E-state index in [1.165, 1.54) is 37.5 Å². The fourth-order valence-electron chi connectivity index (χ4n) is 1.52. The van der Waals surface area contributed by atoms with Gasteiger partial charge in [0.2, 0.25) is 0 Å². The van der Waals surface area contributed by atoms with Crippen molar-refractivity contribution in [1.29, 1.82) is 0 Å². The number of methoxy groups -OCH3 is 1. The van der Waals surface area contributed by atoms with E-state index in [0.717, 1.165) is 0 Å². The van der Waals surface area contributed by atoms with Gasteiger partial charge in [-0.3, -0.25) is 15.6 Å². The van der Waals surface area contributed by atoms with E-state index in [0.29, 0.717) is 17.2 Å². The van der Waals surface area contributed by atoms with Crippen molar-refractivity contribution >= 4 is 29.3 Å². The minimum absolute atomic E-state index is 0.0817. The van der Waals surface area contributed by atoms with E-state index in [2.05, 4.69) is 20.9 Å². The summed E-state index contributed by atoms with van der Waals surface area (Å²) < 4.78 is 33.7. The third-order valence-electron chi connectivity index (χ3n) is 2.47. The molecule has 0 heterocycles. The van der Waals surface area contributed by atoms with Crippen LogP contribution in [0, 0.1) is 0 Å². The first-order valence-corrected chi connectivity index (χ1v) is 7.01. The van der Waals surface area contributed by atoms with Crippen LogP contribution in [0.2, 0.25) is 0 Å².